The van der Waals surface area contributed by atoms with E-state index in [1.165, 1.54) is 0 Å². The van der Waals surface area contributed by atoms with Crippen LogP contribution in [-0.2, 0) is 14.3 Å². The van der Waals surface area contributed by atoms with Crippen LogP contribution in [0.4, 0.5) is 0 Å². The van der Waals surface area contributed by atoms with Gasteiger partial charge in [-0.1, -0.05) is 21.6 Å². The quantitative estimate of drug-likeness (QED) is 0.188. The summed E-state index contributed by atoms with van der Waals surface area (Å²) in [6.45, 7) is 6.82. The SMILES string of the molecule is CC(C)(C)OC(=O)C(N)CCC[C@H](N)C(=O)O.NCCSSCCN. The summed E-state index contributed by atoms with van der Waals surface area (Å²) >= 11 is 0. The van der Waals surface area contributed by atoms with E-state index in [9.17, 15) is 9.59 Å². The maximum Gasteiger partial charge on any atom is 0.323 e. The van der Waals surface area contributed by atoms with Gasteiger partial charge in [0.2, 0.25) is 0 Å². The minimum absolute atomic E-state index is 0.297. The average molecular weight is 399 g/mol. The molecule has 0 spiro atoms. The minimum atomic E-state index is -1.05. The van der Waals surface area contributed by atoms with Crippen molar-refractivity contribution in [1.82, 2.24) is 0 Å². The van der Waals surface area contributed by atoms with Gasteiger partial charge in [-0.05, 0) is 40.0 Å². The molecular formula is C15H34N4O4S2. The Labute approximate surface area is 158 Å². The highest BCUT2D eigenvalue weighted by Gasteiger charge is 2.22. The molecule has 0 aliphatic carbocycles. The first kappa shape index (κ1) is 26.7. The fraction of sp³-hybridized carbons (Fsp3) is 0.867. The standard InChI is InChI=1S/C11H22N2O4.C4H12N2S2/c1-11(2,3)17-10(16)8(13)6-4-5-7(12)9(14)15;5-1-3-7-8-4-2-6/h7-8H,4-6,12-13H2,1-3H3,(H,14,15);1-6H2/t7-,8?;/m0./s1. The number of carbonyl (C=O) groups excluding carboxylic acids is 1. The molecule has 8 nitrogen and oxygen atoms in total. The Bertz CT molecular complexity index is 362. The number of nitrogens with two attached hydrogens (primary N) is 4. The largest absolute Gasteiger partial charge is 0.480 e. The number of hydrogen-bond acceptors (Lipinski definition) is 9. The minimum Gasteiger partial charge on any atom is -0.480 e. The normalized spacial score (nSPS) is 13.4. The number of carboxylic acid groups (broad SMARTS) is 1. The van der Waals surface area contributed by atoms with Crippen LogP contribution in [0.25, 0.3) is 0 Å². The summed E-state index contributed by atoms with van der Waals surface area (Å²) in [4.78, 5) is 21.9. The van der Waals surface area contributed by atoms with E-state index in [-0.39, 0.29) is 0 Å². The Morgan fingerprint density at radius 2 is 1.44 bits per heavy atom. The second kappa shape index (κ2) is 15.7. The van der Waals surface area contributed by atoms with Crippen LogP contribution in [0.15, 0.2) is 0 Å². The van der Waals surface area contributed by atoms with E-state index in [4.69, 9.17) is 32.8 Å². The Morgan fingerprint density at radius 1 is 1.00 bits per heavy atom. The maximum atomic E-state index is 11.5. The second-order valence-corrected chi connectivity index (χ2v) is 8.94. The van der Waals surface area contributed by atoms with Crippen LogP contribution < -0.4 is 22.9 Å². The molecular weight excluding hydrogens is 364 g/mol. The van der Waals surface area contributed by atoms with Crippen molar-refractivity contribution in [3.8, 4) is 0 Å². The lowest BCUT2D eigenvalue weighted by atomic mass is 10.1. The van der Waals surface area contributed by atoms with E-state index >= 15 is 0 Å². The second-order valence-electron chi connectivity index (χ2n) is 6.24. The molecule has 10 heteroatoms. The molecule has 9 N–H and O–H groups in total. The van der Waals surface area contributed by atoms with Crippen molar-refractivity contribution in [2.24, 2.45) is 22.9 Å². The highest BCUT2D eigenvalue weighted by atomic mass is 33.1. The van der Waals surface area contributed by atoms with Gasteiger partial charge in [-0.25, -0.2) is 0 Å². The molecule has 0 heterocycles. The van der Waals surface area contributed by atoms with Gasteiger partial charge in [0.25, 0.3) is 0 Å². The lowest BCUT2D eigenvalue weighted by Crippen LogP contribution is -2.38. The number of rotatable bonds is 11. The summed E-state index contributed by atoms with van der Waals surface area (Å²) in [6, 6.07) is -1.63. The van der Waals surface area contributed by atoms with Gasteiger partial charge < -0.3 is 32.8 Å². The zero-order valence-corrected chi connectivity index (χ0v) is 17.0. The van der Waals surface area contributed by atoms with Crippen LogP contribution in [-0.4, -0.2) is 59.3 Å². The molecule has 1 unspecified atom stereocenters. The van der Waals surface area contributed by atoms with Crippen molar-refractivity contribution < 1.29 is 19.4 Å². The fourth-order valence-electron chi connectivity index (χ4n) is 1.39. The molecule has 0 saturated carbocycles. The van der Waals surface area contributed by atoms with E-state index in [1.54, 1.807) is 42.4 Å². The average Bonchev–Trinajstić information content (AvgIpc) is 2.50. The summed E-state index contributed by atoms with van der Waals surface area (Å²) in [5, 5.41) is 8.56. The van der Waals surface area contributed by atoms with Gasteiger partial charge in [0.05, 0.1) is 0 Å². The van der Waals surface area contributed by atoms with Gasteiger partial charge in [-0.3, -0.25) is 9.59 Å². The Balaban J connectivity index is 0. The van der Waals surface area contributed by atoms with E-state index < -0.39 is 29.6 Å². The molecule has 0 aliphatic heterocycles. The molecule has 0 bridgehead atoms. The highest BCUT2D eigenvalue weighted by molar-refractivity contribution is 8.76. The van der Waals surface area contributed by atoms with E-state index in [1.807, 2.05) is 0 Å². The zero-order chi connectivity index (χ0) is 19.9. The van der Waals surface area contributed by atoms with Gasteiger partial charge in [-0.15, -0.1) is 0 Å². The van der Waals surface area contributed by atoms with Crippen molar-refractivity contribution in [2.45, 2.75) is 57.7 Å². The Kier molecular flexibility index (Phi) is 16.8. The van der Waals surface area contributed by atoms with Crippen molar-refractivity contribution >= 4 is 33.5 Å². The molecule has 0 saturated heterocycles. The summed E-state index contributed by atoms with van der Waals surface area (Å²) in [5.74, 6) is 0.548. The molecule has 0 aliphatic rings. The third kappa shape index (κ3) is 19.7. The maximum absolute atomic E-state index is 11.5. The molecule has 0 aromatic carbocycles. The molecule has 0 fully saturated rings. The summed E-state index contributed by atoms with van der Waals surface area (Å²) in [6.07, 6.45) is 1.15. The van der Waals surface area contributed by atoms with Crippen LogP contribution in [0.2, 0.25) is 0 Å². The molecule has 150 valence electrons. The zero-order valence-electron chi connectivity index (χ0n) is 15.4. The first-order valence-corrected chi connectivity index (χ1v) is 10.6. The van der Waals surface area contributed by atoms with E-state index in [0.717, 1.165) is 24.6 Å². The fourth-order valence-corrected chi connectivity index (χ4v) is 3.10. The Morgan fingerprint density at radius 3 is 1.80 bits per heavy atom. The van der Waals surface area contributed by atoms with Crippen LogP contribution in [0.5, 0.6) is 0 Å². The first-order valence-electron chi connectivity index (χ1n) is 8.16. The van der Waals surface area contributed by atoms with Gasteiger partial charge in [0.1, 0.15) is 17.7 Å². The third-order valence-electron chi connectivity index (χ3n) is 2.54. The highest BCUT2D eigenvalue weighted by Crippen LogP contribution is 2.18. The summed E-state index contributed by atoms with van der Waals surface area (Å²) in [5.41, 5.74) is 20.9. The summed E-state index contributed by atoms with van der Waals surface area (Å²) < 4.78 is 5.09. The smallest absolute Gasteiger partial charge is 0.323 e. The Hall–Kier alpha value is -0.520. The number of ether oxygens (including phenoxy) is 1. The van der Waals surface area contributed by atoms with E-state index in [0.29, 0.717) is 19.3 Å². The summed E-state index contributed by atoms with van der Waals surface area (Å²) in [7, 11) is 3.58. The predicted octanol–water partition coefficient (Wildman–Crippen LogP) is 0.523. The first-order chi connectivity index (χ1) is 11.5. The molecule has 25 heavy (non-hydrogen) atoms. The number of esters is 1. The van der Waals surface area contributed by atoms with Crippen LogP contribution in [0.1, 0.15) is 40.0 Å². The van der Waals surface area contributed by atoms with Crippen LogP contribution in [0, 0.1) is 0 Å². The lowest BCUT2D eigenvalue weighted by molar-refractivity contribution is -0.156. The molecule has 0 aromatic rings. The topological polar surface area (TPSA) is 168 Å². The van der Waals surface area contributed by atoms with Gasteiger partial charge >= 0.3 is 11.9 Å². The van der Waals surface area contributed by atoms with E-state index in [2.05, 4.69) is 0 Å². The molecule has 2 atom stereocenters. The molecule has 0 rings (SSSR count). The van der Waals surface area contributed by atoms with Gasteiger partial charge in [-0.2, -0.15) is 0 Å². The van der Waals surface area contributed by atoms with Crippen LogP contribution in [0.3, 0.4) is 0 Å². The number of hydrogen-bond donors (Lipinski definition) is 5. The predicted molar refractivity (Wildman–Crippen MR) is 106 cm³/mol. The van der Waals surface area contributed by atoms with Gasteiger partial charge in [0, 0.05) is 24.6 Å². The van der Waals surface area contributed by atoms with Crippen molar-refractivity contribution in [1.29, 1.82) is 0 Å². The monoisotopic (exact) mass is 398 g/mol. The number of aliphatic carboxylic acids is 1. The third-order valence-corrected chi connectivity index (χ3v) is 5.01. The molecule has 0 aromatic heterocycles. The molecule has 0 amide bonds. The number of carboxylic acids is 1. The number of carbonyl (C=O) groups is 2. The lowest BCUT2D eigenvalue weighted by Gasteiger charge is -2.22. The van der Waals surface area contributed by atoms with Crippen molar-refractivity contribution in [2.75, 3.05) is 24.6 Å². The van der Waals surface area contributed by atoms with Gasteiger partial charge in [0.15, 0.2) is 0 Å². The van der Waals surface area contributed by atoms with Crippen LogP contribution >= 0.6 is 21.6 Å². The van der Waals surface area contributed by atoms with Crippen molar-refractivity contribution in [3.05, 3.63) is 0 Å². The van der Waals surface area contributed by atoms with Crippen molar-refractivity contribution in [3.63, 3.8) is 0 Å². The molecule has 0 radical (unpaired) electrons.